The molecule has 2 rings (SSSR count). The predicted molar refractivity (Wildman–Crippen MR) is 46.6 cm³/mol. The average Bonchev–Trinajstić information content (AvgIpc) is 2.61. The van der Waals surface area contributed by atoms with Crippen LogP contribution in [0.2, 0.25) is 0 Å². The number of hydrogen-bond donors (Lipinski definition) is 1. The van der Waals surface area contributed by atoms with Crippen molar-refractivity contribution in [3.63, 3.8) is 0 Å². The van der Waals surface area contributed by atoms with Gasteiger partial charge >= 0.3 is 0 Å². The van der Waals surface area contributed by atoms with E-state index in [1.54, 1.807) is 0 Å². The lowest BCUT2D eigenvalue weighted by atomic mass is 10.1. The van der Waals surface area contributed by atoms with Crippen LogP contribution in [0.4, 0.5) is 13.2 Å². The highest BCUT2D eigenvalue weighted by atomic mass is 19.2. The van der Waals surface area contributed by atoms with Crippen LogP contribution in [0.25, 0.3) is 0 Å². The van der Waals surface area contributed by atoms with Crippen molar-refractivity contribution in [1.82, 2.24) is 0 Å². The van der Waals surface area contributed by atoms with Crippen LogP contribution in [0.1, 0.15) is 11.6 Å². The largest absolute Gasteiger partial charge is 0.463 e. The molecule has 2 N–H and O–H groups in total. The molecular formula is C9H7F3N2O. The molecule has 15 heavy (non-hydrogen) atoms. The van der Waals surface area contributed by atoms with Crippen molar-refractivity contribution in [2.75, 3.05) is 6.61 Å². The number of rotatable bonds is 1. The molecule has 80 valence electrons. The monoisotopic (exact) mass is 216 g/mol. The molecule has 0 radical (unpaired) electrons. The summed E-state index contributed by atoms with van der Waals surface area (Å²) in [5.74, 6) is -3.98. The summed E-state index contributed by atoms with van der Waals surface area (Å²) >= 11 is 0. The van der Waals surface area contributed by atoms with Crippen LogP contribution in [0, 0.1) is 17.5 Å². The summed E-state index contributed by atoms with van der Waals surface area (Å²) in [5.41, 5.74) is 5.16. The number of amidine groups is 1. The zero-order chi connectivity index (χ0) is 11.0. The summed E-state index contributed by atoms with van der Waals surface area (Å²) in [5, 5.41) is 0. The smallest absolute Gasteiger partial charge is 0.282 e. The second kappa shape index (κ2) is 3.45. The van der Waals surface area contributed by atoms with Gasteiger partial charge in [-0.25, -0.2) is 18.2 Å². The minimum absolute atomic E-state index is 0.0355. The fourth-order valence-electron chi connectivity index (χ4n) is 1.35. The Kier molecular flexibility index (Phi) is 2.26. The number of ether oxygens (including phenoxy) is 1. The first-order valence-electron chi connectivity index (χ1n) is 4.19. The van der Waals surface area contributed by atoms with E-state index in [0.29, 0.717) is 0 Å². The number of aliphatic imine (C=N–C) groups is 1. The van der Waals surface area contributed by atoms with Crippen LogP contribution in [0.3, 0.4) is 0 Å². The van der Waals surface area contributed by atoms with E-state index in [0.717, 1.165) is 12.1 Å². The Morgan fingerprint density at radius 1 is 1.27 bits per heavy atom. The molecule has 1 aliphatic heterocycles. The molecule has 0 aromatic heterocycles. The third kappa shape index (κ3) is 1.62. The van der Waals surface area contributed by atoms with Crippen LogP contribution in [0.5, 0.6) is 0 Å². The van der Waals surface area contributed by atoms with Gasteiger partial charge in [0.2, 0.25) is 0 Å². The lowest BCUT2D eigenvalue weighted by Crippen LogP contribution is -2.10. The summed E-state index contributed by atoms with van der Waals surface area (Å²) in [7, 11) is 0. The number of nitrogens with zero attached hydrogens (tertiary/aromatic N) is 1. The normalized spacial score (nSPS) is 19.9. The lowest BCUT2D eigenvalue weighted by Gasteiger charge is -2.07. The molecule has 0 spiro atoms. The number of hydrogen-bond acceptors (Lipinski definition) is 3. The van der Waals surface area contributed by atoms with E-state index in [-0.39, 0.29) is 18.2 Å². The maximum atomic E-state index is 13.3. The third-order valence-electron chi connectivity index (χ3n) is 2.10. The van der Waals surface area contributed by atoms with Crippen LogP contribution in [-0.4, -0.2) is 12.6 Å². The van der Waals surface area contributed by atoms with E-state index >= 15 is 0 Å². The molecular weight excluding hydrogens is 209 g/mol. The Bertz CT molecular complexity index is 434. The molecule has 1 aromatic carbocycles. The molecule has 0 amide bonds. The summed E-state index contributed by atoms with van der Waals surface area (Å²) < 4.78 is 43.5. The molecule has 3 nitrogen and oxygen atoms in total. The minimum Gasteiger partial charge on any atom is -0.463 e. The van der Waals surface area contributed by atoms with Gasteiger partial charge in [-0.3, -0.25) is 0 Å². The fraction of sp³-hybridized carbons (Fsp3) is 0.222. The van der Waals surface area contributed by atoms with E-state index in [1.807, 2.05) is 0 Å². The van der Waals surface area contributed by atoms with E-state index in [1.165, 1.54) is 0 Å². The van der Waals surface area contributed by atoms with E-state index in [4.69, 9.17) is 10.5 Å². The van der Waals surface area contributed by atoms with Gasteiger partial charge in [-0.15, -0.1) is 0 Å². The predicted octanol–water partition coefficient (Wildman–Crippen LogP) is 1.49. The van der Waals surface area contributed by atoms with Crippen molar-refractivity contribution < 1.29 is 17.9 Å². The second-order valence-electron chi connectivity index (χ2n) is 3.06. The Balaban J connectivity index is 2.42. The molecule has 0 fully saturated rings. The first-order valence-corrected chi connectivity index (χ1v) is 4.19. The van der Waals surface area contributed by atoms with Gasteiger partial charge in [0.15, 0.2) is 17.5 Å². The second-order valence-corrected chi connectivity index (χ2v) is 3.06. The molecule has 1 aromatic rings. The van der Waals surface area contributed by atoms with Gasteiger partial charge < -0.3 is 10.5 Å². The molecule has 1 atom stereocenters. The molecule has 0 saturated heterocycles. The van der Waals surface area contributed by atoms with Crippen LogP contribution in [0.15, 0.2) is 17.1 Å². The third-order valence-corrected chi connectivity index (χ3v) is 2.10. The number of benzene rings is 1. The van der Waals surface area contributed by atoms with Crippen molar-refractivity contribution in [3.05, 3.63) is 35.1 Å². The molecule has 1 heterocycles. The van der Waals surface area contributed by atoms with E-state index in [2.05, 4.69) is 4.99 Å². The van der Waals surface area contributed by atoms with Crippen LogP contribution >= 0.6 is 0 Å². The van der Waals surface area contributed by atoms with Gasteiger partial charge in [0.25, 0.3) is 6.02 Å². The van der Waals surface area contributed by atoms with Crippen LogP contribution < -0.4 is 5.73 Å². The first-order chi connectivity index (χ1) is 7.09. The summed E-state index contributed by atoms with van der Waals surface area (Å²) in [6.07, 6.45) is 0. The van der Waals surface area contributed by atoms with Crippen LogP contribution in [-0.2, 0) is 4.74 Å². The van der Waals surface area contributed by atoms with Crippen molar-refractivity contribution in [1.29, 1.82) is 0 Å². The maximum absolute atomic E-state index is 13.3. The average molecular weight is 216 g/mol. The minimum atomic E-state index is -1.51. The Hall–Kier alpha value is -1.72. The van der Waals surface area contributed by atoms with Crippen molar-refractivity contribution >= 4 is 6.02 Å². The molecule has 6 heteroatoms. The van der Waals surface area contributed by atoms with Crippen molar-refractivity contribution in [2.24, 2.45) is 10.7 Å². The molecule has 1 aliphatic rings. The summed E-state index contributed by atoms with van der Waals surface area (Å²) in [6.45, 7) is 0.0355. The zero-order valence-corrected chi connectivity index (χ0v) is 7.51. The standard InChI is InChI=1S/C9H7F3N2O/c10-5-2-1-4(7(11)8(5)12)6-3-15-9(13)14-6/h1-2,6H,3H2,(H2,13,14)/t6-/m1/s1. The van der Waals surface area contributed by atoms with Gasteiger partial charge in [-0.1, -0.05) is 6.07 Å². The van der Waals surface area contributed by atoms with Crippen molar-refractivity contribution in [2.45, 2.75) is 6.04 Å². The Labute approximate surface area is 83.4 Å². The zero-order valence-electron chi connectivity index (χ0n) is 7.51. The highest BCUT2D eigenvalue weighted by Crippen LogP contribution is 2.26. The molecule has 0 saturated carbocycles. The molecule has 0 bridgehead atoms. The lowest BCUT2D eigenvalue weighted by molar-refractivity contribution is 0.310. The van der Waals surface area contributed by atoms with Gasteiger partial charge in [0, 0.05) is 5.56 Å². The maximum Gasteiger partial charge on any atom is 0.282 e. The molecule has 0 aliphatic carbocycles. The van der Waals surface area contributed by atoms with Gasteiger partial charge in [-0.2, -0.15) is 0 Å². The SMILES string of the molecule is NC1=N[C@@H](c2ccc(F)c(F)c2F)CO1. The quantitative estimate of drug-likeness (QED) is 0.723. The van der Waals surface area contributed by atoms with E-state index in [9.17, 15) is 13.2 Å². The summed E-state index contributed by atoms with van der Waals surface area (Å²) in [6, 6.07) is 1.19. The Morgan fingerprint density at radius 2 is 2.00 bits per heavy atom. The number of halogens is 3. The summed E-state index contributed by atoms with van der Waals surface area (Å²) in [4.78, 5) is 3.73. The Morgan fingerprint density at radius 3 is 2.60 bits per heavy atom. The van der Waals surface area contributed by atoms with Gasteiger partial charge in [0.05, 0.1) is 0 Å². The highest BCUT2D eigenvalue weighted by molar-refractivity contribution is 5.73. The topological polar surface area (TPSA) is 47.6 Å². The van der Waals surface area contributed by atoms with Crippen molar-refractivity contribution in [3.8, 4) is 0 Å². The fourth-order valence-corrected chi connectivity index (χ4v) is 1.35. The van der Waals surface area contributed by atoms with E-state index < -0.39 is 23.5 Å². The van der Waals surface area contributed by atoms with Gasteiger partial charge in [-0.05, 0) is 6.07 Å². The number of nitrogens with two attached hydrogens (primary N) is 1. The highest BCUT2D eigenvalue weighted by Gasteiger charge is 2.24. The van der Waals surface area contributed by atoms with Gasteiger partial charge in [0.1, 0.15) is 12.6 Å². The molecule has 0 unspecified atom stereocenters. The first kappa shape index (κ1) is 9.82.